The maximum absolute atomic E-state index is 12.0. The molecule has 28 heavy (non-hydrogen) atoms. The zero-order chi connectivity index (χ0) is 19.5. The van der Waals surface area contributed by atoms with Crippen LogP contribution >= 0.6 is 36.4 Å². The average Bonchev–Trinajstić information content (AvgIpc) is 2.56. The van der Waals surface area contributed by atoms with Gasteiger partial charge >= 0.3 is 0 Å². The molecule has 0 spiro atoms. The molecule has 160 valence electrons. The second kappa shape index (κ2) is 14.7. The predicted molar refractivity (Wildman–Crippen MR) is 114 cm³/mol. The largest absolute Gasteiger partial charge is 0.382 e. The Morgan fingerprint density at radius 3 is 2.18 bits per heavy atom. The highest BCUT2D eigenvalue weighted by Crippen LogP contribution is 2.16. The van der Waals surface area contributed by atoms with Crippen LogP contribution in [0.3, 0.4) is 0 Å². The van der Waals surface area contributed by atoms with Crippen LogP contribution in [0.15, 0.2) is 0 Å². The molecule has 0 aliphatic heterocycles. The van der Waals surface area contributed by atoms with Gasteiger partial charge in [0.05, 0.1) is 0 Å². The SMILES string of the molecule is Cl.Cl.N=C(N)NCCCOCCCNC(=N)NC(=O)c1nc(Cl)c(N)nc1N. The fraction of sp³-hybridized carbons (Fsp3) is 0.462. The van der Waals surface area contributed by atoms with E-state index in [1.165, 1.54) is 0 Å². The molecule has 0 radical (unpaired) electrons. The van der Waals surface area contributed by atoms with Crippen molar-refractivity contribution in [3.8, 4) is 0 Å². The van der Waals surface area contributed by atoms with Gasteiger partial charge in [-0.05, 0) is 12.8 Å². The first-order valence-corrected chi connectivity index (χ1v) is 8.07. The second-order valence-corrected chi connectivity index (χ2v) is 5.41. The zero-order valence-corrected chi connectivity index (χ0v) is 17.3. The monoisotopic (exact) mass is 458 g/mol. The molecule has 0 aromatic carbocycles. The normalized spacial score (nSPS) is 9.46. The molecule has 0 atom stereocenters. The first-order chi connectivity index (χ1) is 12.3. The lowest BCUT2D eigenvalue weighted by molar-refractivity contribution is 0.0971. The Morgan fingerprint density at radius 1 is 1.04 bits per heavy atom. The summed E-state index contributed by atoms with van der Waals surface area (Å²) < 4.78 is 5.38. The van der Waals surface area contributed by atoms with Gasteiger partial charge in [0, 0.05) is 26.3 Å². The number of nitrogens with two attached hydrogens (primary N) is 3. The molecular weight excluding hydrogens is 435 g/mol. The molecule has 1 aromatic heterocycles. The molecule has 0 aliphatic carbocycles. The van der Waals surface area contributed by atoms with Gasteiger partial charge in [-0.1, -0.05) is 11.6 Å². The second-order valence-electron chi connectivity index (χ2n) is 5.05. The zero-order valence-electron chi connectivity index (χ0n) is 14.9. The minimum Gasteiger partial charge on any atom is -0.382 e. The van der Waals surface area contributed by atoms with E-state index in [2.05, 4.69) is 25.9 Å². The highest BCUT2D eigenvalue weighted by atomic mass is 35.5. The van der Waals surface area contributed by atoms with E-state index in [-0.39, 0.29) is 59.2 Å². The topological polar surface area (TPSA) is 214 Å². The molecule has 0 unspecified atom stereocenters. The molecular formula is C13H25Cl3N10O2. The van der Waals surface area contributed by atoms with Gasteiger partial charge in [-0.2, -0.15) is 0 Å². The number of ether oxygens (including phenoxy) is 1. The Kier molecular flexibility index (Phi) is 14.7. The maximum Gasteiger partial charge on any atom is 0.280 e. The first-order valence-electron chi connectivity index (χ1n) is 7.69. The molecule has 1 amide bonds. The molecule has 1 aromatic rings. The number of hydrogen-bond acceptors (Lipinski definition) is 8. The van der Waals surface area contributed by atoms with Gasteiger partial charge in [0.15, 0.2) is 34.4 Å². The molecule has 0 saturated carbocycles. The Balaban J connectivity index is 0. The number of nitrogens with one attached hydrogen (secondary N) is 5. The summed E-state index contributed by atoms with van der Waals surface area (Å²) in [5.41, 5.74) is 15.9. The van der Waals surface area contributed by atoms with Gasteiger partial charge in [0.1, 0.15) is 0 Å². The molecule has 0 fully saturated rings. The van der Waals surface area contributed by atoms with Gasteiger partial charge in [0.25, 0.3) is 5.91 Å². The van der Waals surface area contributed by atoms with Gasteiger partial charge in [-0.25, -0.2) is 9.97 Å². The van der Waals surface area contributed by atoms with E-state index in [9.17, 15) is 4.79 Å². The molecule has 1 heterocycles. The highest BCUT2D eigenvalue weighted by molar-refractivity contribution is 6.31. The fourth-order valence-electron chi connectivity index (χ4n) is 1.71. The van der Waals surface area contributed by atoms with Crippen molar-refractivity contribution < 1.29 is 9.53 Å². The van der Waals surface area contributed by atoms with Crippen LogP contribution in [0.25, 0.3) is 0 Å². The van der Waals surface area contributed by atoms with Crippen molar-refractivity contribution in [1.82, 2.24) is 25.9 Å². The lowest BCUT2D eigenvalue weighted by Crippen LogP contribution is -2.41. The van der Waals surface area contributed by atoms with Crippen LogP contribution in [-0.4, -0.2) is 54.1 Å². The minimum absolute atomic E-state index is 0. The third kappa shape index (κ3) is 10.8. The lowest BCUT2D eigenvalue weighted by Gasteiger charge is -2.10. The summed E-state index contributed by atoms with van der Waals surface area (Å²) in [6.45, 7) is 2.02. The number of halogens is 3. The third-order valence-electron chi connectivity index (χ3n) is 2.91. The Bertz CT molecular complexity index is 662. The van der Waals surface area contributed by atoms with Crippen molar-refractivity contribution in [2.75, 3.05) is 37.8 Å². The van der Waals surface area contributed by atoms with E-state index in [4.69, 9.17) is 44.4 Å². The van der Waals surface area contributed by atoms with E-state index in [0.29, 0.717) is 32.7 Å². The van der Waals surface area contributed by atoms with Crippen LogP contribution < -0.4 is 33.2 Å². The molecule has 0 saturated heterocycles. The van der Waals surface area contributed by atoms with Gasteiger partial charge < -0.3 is 32.6 Å². The van der Waals surface area contributed by atoms with Crippen molar-refractivity contribution in [1.29, 1.82) is 10.8 Å². The Morgan fingerprint density at radius 2 is 1.61 bits per heavy atom. The van der Waals surface area contributed by atoms with Crippen molar-refractivity contribution in [3.05, 3.63) is 10.8 Å². The number of guanidine groups is 2. The number of anilines is 2. The standard InChI is InChI=1S/C13H23ClN10O2.2ClH/c14-8-10(16)23-9(15)7(22-8)11(25)24-13(19)21-4-2-6-26-5-1-3-20-12(17)18;;/h1-6H2,(H4,15,16,23)(H4,17,18,20)(H3,19,21,24,25);2*1H. The fourth-order valence-corrected chi connectivity index (χ4v) is 1.84. The Labute approximate surface area is 179 Å². The molecule has 11 N–H and O–H groups in total. The van der Waals surface area contributed by atoms with Crippen molar-refractivity contribution in [3.63, 3.8) is 0 Å². The molecule has 12 nitrogen and oxygen atoms in total. The number of amides is 1. The molecule has 1 rings (SSSR count). The minimum atomic E-state index is -0.719. The lowest BCUT2D eigenvalue weighted by atomic mass is 10.4. The van der Waals surface area contributed by atoms with Crippen LogP contribution in [0.2, 0.25) is 5.15 Å². The number of rotatable bonds is 9. The summed E-state index contributed by atoms with van der Waals surface area (Å²) in [5.74, 6) is -1.25. The van der Waals surface area contributed by atoms with Crippen molar-refractivity contribution >= 4 is 65.9 Å². The van der Waals surface area contributed by atoms with E-state index in [1.807, 2.05) is 0 Å². The van der Waals surface area contributed by atoms with Crippen molar-refractivity contribution in [2.45, 2.75) is 12.8 Å². The number of aromatic nitrogens is 2. The van der Waals surface area contributed by atoms with E-state index < -0.39 is 5.91 Å². The van der Waals surface area contributed by atoms with Crippen molar-refractivity contribution in [2.24, 2.45) is 5.73 Å². The quantitative estimate of drug-likeness (QED) is 0.138. The van der Waals surface area contributed by atoms with Crippen LogP contribution in [-0.2, 0) is 4.74 Å². The summed E-state index contributed by atoms with van der Waals surface area (Å²) in [6.07, 6.45) is 1.36. The van der Waals surface area contributed by atoms with Gasteiger partial charge in [-0.3, -0.25) is 20.9 Å². The number of hydrogen-bond donors (Lipinski definition) is 8. The highest BCUT2D eigenvalue weighted by Gasteiger charge is 2.16. The number of nitrogen functional groups attached to an aromatic ring is 2. The van der Waals surface area contributed by atoms with Gasteiger partial charge in [-0.15, -0.1) is 24.8 Å². The van der Waals surface area contributed by atoms with Crippen LogP contribution in [0.5, 0.6) is 0 Å². The third-order valence-corrected chi connectivity index (χ3v) is 3.18. The van der Waals surface area contributed by atoms with Crippen LogP contribution in [0.1, 0.15) is 23.3 Å². The smallest absolute Gasteiger partial charge is 0.280 e. The van der Waals surface area contributed by atoms with Crippen LogP contribution in [0.4, 0.5) is 11.6 Å². The van der Waals surface area contributed by atoms with E-state index >= 15 is 0 Å². The molecule has 15 heteroatoms. The summed E-state index contributed by atoms with van der Waals surface area (Å²) in [5, 5.41) is 22.2. The summed E-state index contributed by atoms with van der Waals surface area (Å²) >= 11 is 5.71. The van der Waals surface area contributed by atoms with Gasteiger partial charge in [0.2, 0.25) is 0 Å². The molecule has 0 bridgehead atoms. The maximum atomic E-state index is 12.0. The number of nitrogens with zero attached hydrogens (tertiary/aromatic N) is 2. The summed E-state index contributed by atoms with van der Waals surface area (Å²) in [4.78, 5) is 19.4. The van der Waals surface area contributed by atoms with E-state index in [0.717, 1.165) is 6.42 Å². The number of carbonyl (C=O) groups excluding carboxylic acids is 1. The predicted octanol–water partition coefficient (Wildman–Crippen LogP) is -0.328. The summed E-state index contributed by atoms with van der Waals surface area (Å²) in [6, 6.07) is 0. The number of carbonyl (C=O) groups is 1. The average molecular weight is 460 g/mol. The first kappa shape index (κ1) is 27.9. The van der Waals surface area contributed by atoms with E-state index in [1.54, 1.807) is 0 Å². The molecule has 0 aliphatic rings. The summed E-state index contributed by atoms with van der Waals surface area (Å²) in [7, 11) is 0. The van der Waals surface area contributed by atoms with Crippen LogP contribution in [0, 0.1) is 10.8 Å². The Hall–Kier alpha value is -2.28.